The summed E-state index contributed by atoms with van der Waals surface area (Å²) in [5, 5.41) is 13.0. The molecule has 0 aromatic carbocycles. The summed E-state index contributed by atoms with van der Waals surface area (Å²) < 4.78 is 7.54. The van der Waals surface area contributed by atoms with Crippen LogP contribution in [0.25, 0.3) is 21.6 Å². The summed E-state index contributed by atoms with van der Waals surface area (Å²) in [5.41, 5.74) is 9.91. The summed E-state index contributed by atoms with van der Waals surface area (Å²) in [6.45, 7) is -0.204. The summed E-state index contributed by atoms with van der Waals surface area (Å²) in [6.07, 6.45) is 2.65. The maximum absolute atomic E-state index is 9.34. The Morgan fingerprint density at radius 3 is 3.00 bits per heavy atom. The van der Waals surface area contributed by atoms with Crippen LogP contribution in [0.2, 0.25) is 0 Å². The molecule has 1 aliphatic rings. The van der Waals surface area contributed by atoms with Crippen molar-refractivity contribution in [3.05, 3.63) is 23.1 Å². The number of aliphatic hydroxyl groups excluding tert-OH is 1. The smallest absolute Gasteiger partial charge is 0.167 e. The third-order valence-corrected chi connectivity index (χ3v) is 3.66. The Balaban J connectivity index is 1.98. The number of aliphatic hydroxyl groups is 1. The van der Waals surface area contributed by atoms with Crippen LogP contribution in [0.4, 0.5) is 5.82 Å². The van der Waals surface area contributed by atoms with Crippen LogP contribution < -0.4 is 4.90 Å². The van der Waals surface area contributed by atoms with E-state index in [2.05, 4.69) is 25.0 Å². The van der Waals surface area contributed by atoms with Crippen molar-refractivity contribution in [3.63, 3.8) is 0 Å². The van der Waals surface area contributed by atoms with Crippen molar-refractivity contribution in [1.82, 2.24) is 19.5 Å². The lowest BCUT2D eigenvalue weighted by Crippen LogP contribution is -2.22. The minimum Gasteiger partial charge on any atom is -0.394 e. The Kier molecular flexibility index (Phi) is 3.80. The Morgan fingerprint density at radius 1 is 1.50 bits per heavy atom. The van der Waals surface area contributed by atoms with E-state index in [4.69, 9.17) is 10.3 Å². The van der Waals surface area contributed by atoms with Gasteiger partial charge in [-0.2, -0.15) is 0 Å². The second-order valence-electron chi connectivity index (χ2n) is 5.24. The molecule has 116 valence electrons. The van der Waals surface area contributed by atoms with Gasteiger partial charge in [0.05, 0.1) is 25.1 Å². The molecule has 0 unspecified atom stereocenters. The molecule has 3 atom stereocenters. The van der Waals surface area contributed by atoms with Gasteiger partial charge in [-0.25, -0.2) is 15.0 Å². The van der Waals surface area contributed by atoms with Crippen molar-refractivity contribution in [2.45, 2.75) is 24.8 Å². The third kappa shape index (κ3) is 2.33. The second-order valence-corrected chi connectivity index (χ2v) is 5.24. The maximum atomic E-state index is 9.34. The lowest BCUT2D eigenvalue weighted by Gasteiger charge is -2.14. The number of fused-ring (bicyclic) bond motifs is 1. The third-order valence-electron chi connectivity index (χ3n) is 3.66. The first-order chi connectivity index (χ1) is 10.7. The molecule has 10 heteroatoms. The zero-order chi connectivity index (χ0) is 15.7. The largest absolute Gasteiger partial charge is 0.394 e. The van der Waals surface area contributed by atoms with E-state index in [1.807, 2.05) is 19.0 Å². The molecule has 2 aromatic heterocycles. The first kappa shape index (κ1) is 14.5. The Morgan fingerprint density at radius 2 is 2.32 bits per heavy atom. The molecule has 0 aliphatic carbocycles. The molecule has 10 nitrogen and oxygen atoms in total. The van der Waals surface area contributed by atoms with Crippen molar-refractivity contribution in [3.8, 4) is 0 Å². The van der Waals surface area contributed by atoms with Gasteiger partial charge in [0.25, 0.3) is 0 Å². The summed E-state index contributed by atoms with van der Waals surface area (Å²) in [7, 11) is 3.76. The van der Waals surface area contributed by atoms with Gasteiger partial charge in [0.15, 0.2) is 17.0 Å². The van der Waals surface area contributed by atoms with E-state index in [9.17, 15) is 5.11 Å². The van der Waals surface area contributed by atoms with Gasteiger partial charge in [-0.3, -0.25) is 4.57 Å². The average molecular weight is 304 g/mol. The van der Waals surface area contributed by atoms with Gasteiger partial charge in [0, 0.05) is 25.4 Å². The standard InChI is InChI=1S/C12H16N8O2/c1-19(2)11-10-12(15-5-14-11)20(6-16-10)9-3-7(17-18-13)8(4-21)22-9/h5-9,21H,3-4H2,1-2H3/t7-,8+,9+/m0/s1. The van der Waals surface area contributed by atoms with Crippen molar-refractivity contribution < 1.29 is 9.84 Å². The molecule has 0 spiro atoms. The monoisotopic (exact) mass is 304 g/mol. The number of imidazole rings is 1. The summed E-state index contributed by atoms with van der Waals surface area (Å²) >= 11 is 0. The van der Waals surface area contributed by atoms with Crippen molar-refractivity contribution >= 4 is 17.0 Å². The maximum Gasteiger partial charge on any atom is 0.167 e. The van der Waals surface area contributed by atoms with Gasteiger partial charge in [0.2, 0.25) is 0 Å². The minimum atomic E-state index is -0.520. The van der Waals surface area contributed by atoms with Crippen LogP contribution in [0.3, 0.4) is 0 Å². The number of ether oxygens (including phenoxy) is 1. The number of nitrogens with zero attached hydrogens (tertiary/aromatic N) is 8. The summed E-state index contributed by atoms with van der Waals surface area (Å²) in [6, 6.07) is -0.410. The normalized spacial score (nSPS) is 24.4. The highest BCUT2D eigenvalue weighted by atomic mass is 16.5. The molecule has 0 bridgehead atoms. The van der Waals surface area contributed by atoms with Crippen LogP contribution in [0.5, 0.6) is 0 Å². The first-order valence-electron chi connectivity index (χ1n) is 6.81. The van der Waals surface area contributed by atoms with Crippen LogP contribution in [0.1, 0.15) is 12.6 Å². The van der Waals surface area contributed by atoms with E-state index in [1.54, 1.807) is 10.9 Å². The quantitative estimate of drug-likeness (QED) is 0.507. The Bertz CT molecular complexity index is 723. The van der Waals surface area contributed by atoms with Crippen LogP contribution in [-0.4, -0.2) is 57.5 Å². The Labute approximate surface area is 126 Å². The molecule has 22 heavy (non-hydrogen) atoms. The van der Waals surface area contributed by atoms with Gasteiger partial charge in [-0.15, -0.1) is 0 Å². The molecular formula is C12H16N8O2. The van der Waals surface area contributed by atoms with Crippen molar-refractivity contribution in [2.75, 3.05) is 25.6 Å². The number of hydrogen-bond acceptors (Lipinski definition) is 7. The van der Waals surface area contributed by atoms with Crippen molar-refractivity contribution in [2.24, 2.45) is 5.11 Å². The molecular weight excluding hydrogens is 288 g/mol. The molecule has 0 radical (unpaired) electrons. The topological polar surface area (TPSA) is 125 Å². The summed E-state index contributed by atoms with van der Waals surface area (Å²) in [4.78, 5) is 17.5. The molecule has 0 amide bonds. The average Bonchev–Trinajstić information content (AvgIpc) is 3.10. The van der Waals surface area contributed by atoms with Crippen LogP contribution in [-0.2, 0) is 4.74 Å². The highest BCUT2D eigenvalue weighted by molar-refractivity contribution is 5.83. The van der Waals surface area contributed by atoms with Crippen LogP contribution in [0, 0.1) is 0 Å². The van der Waals surface area contributed by atoms with E-state index < -0.39 is 12.1 Å². The van der Waals surface area contributed by atoms with E-state index in [0.29, 0.717) is 23.4 Å². The van der Waals surface area contributed by atoms with E-state index >= 15 is 0 Å². The zero-order valence-electron chi connectivity index (χ0n) is 12.2. The highest BCUT2D eigenvalue weighted by Gasteiger charge is 2.36. The van der Waals surface area contributed by atoms with Gasteiger partial charge in [0.1, 0.15) is 12.6 Å². The van der Waals surface area contributed by atoms with Crippen LogP contribution in [0.15, 0.2) is 17.8 Å². The lowest BCUT2D eigenvalue weighted by atomic mass is 10.1. The van der Waals surface area contributed by atoms with E-state index in [0.717, 1.165) is 0 Å². The predicted octanol–water partition coefficient (Wildman–Crippen LogP) is 0.851. The van der Waals surface area contributed by atoms with E-state index in [1.165, 1.54) is 6.33 Å². The number of hydrogen-bond donors (Lipinski definition) is 1. The molecule has 1 N–H and O–H groups in total. The van der Waals surface area contributed by atoms with Gasteiger partial charge < -0.3 is 14.7 Å². The fraction of sp³-hybridized carbons (Fsp3) is 0.583. The van der Waals surface area contributed by atoms with Gasteiger partial charge in [-0.1, -0.05) is 5.11 Å². The number of anilines is 1. The molecule has 0 saturated carbocycles. The fourth-order valence-corrected chi connectivity index (χ4v) is 2.62. The fourth-order valence-electron chi connectivity index (χ4n) is 2.62. The molecule has 1 aliphatic heterocycles. The highest BCUT2D eigenvalue weighted by Crippen LogP contribution is 2.33. The number of rotatable bonds is 4. The number of azide groups is 1. The molecule has 2 aromatic rings. The second kappa shape index (κ2) is 5.76. The Hall–Kier alpha value is -2.42. The van der Waals surface area contributed by atoms with Gasteiger partial charge in [-0.05, 0) is 5.53 Å². The SMILES string of the molecule is CN(C)c1ncnc2c1ncn2[C@H]1C[C@H](N=[N+]=[N-])[C@@H](CO)O1. The summed E-state index contributed by atoms with van der Waals surface area (Å²) in [5.74, 6) is 0.715. The van der Waals surface area contributed by atoms with Crippen molar-refractivity contribution in [1.29, 1.82) is 0 Å². The minimum absolute atomic E-state index is 0.204. The molecule has 3 rings (SSSR count). The zero-order valence-corrected chi connectivity index (χ0v) is 12.2. The molecule has 3 heterocycles. The first-order valence-corrected chi connectivity index (χ1v) is 6.81. The predicted molar refractivity (Wildman–Crippen MR) is 78.2 cm³/mol. The van der Waals surface area contributed by atoms with E-state index in [-0.39, 0.29) is 12.8 Å². The lowest BCUT2D eigenvalue weighted by molar-refractivity contribution is -0.0233. The molecule has 1 saturated heterocycles. The number of aromatic nitrogens is 4. The van der Waals surface area contributed by atoms with Crippen LogP contribution >= 0.6 is 0 Å². The van der Waals surface area contributed by atoms with Gasteiger partial charge >= 0.3 is 0 Å². The molecule has 1 fully saturated rings.